The number of carbonyl (C=O) groups is 1. The fourth-order valence-corrected chi connectivity index (χ4v) is 2.02. The number of anilines is 1. The molecule has 1 aliphatic rings. The number of hydrogen-bond donors (Lipinski definition) is 1. The highest BCUT2D eigenvalue weighted by molar-refractivity contribution is 5.98. The van der Waals surface area contributed by atoms with Crippen molar-refractivity contribution in [3.63, 3.8) is 0 Å². The van der Waals surface area contributed by atoms with Gasteiger partial charge in [0, 0.05) is 6.54 Å². The lowest BCUT2D eigenvalue weighted by atomic mass is 9.96. The molecule has 1 N–H and O–H groups in total. The molecule has 1 aliphatic heterocycles. The maximum atomic E-state index is 11.6. The Bertz CT molecular complexity index is 399. The Balaban J connectivity index is 2.55. The third-order valence-corrected chi connectivity index (χ3v) is 2.81. The van der Waals surface area contributed by atoms with Crippen LogP contribution in [0.3, 0.4) is 0 Å². The molecule has 3 nitrogen and oxygen atoms in total. The molecule has 0 aliphatic carbocycles. The van der Waals surface area contributed by atoms with Crippen molar-refractivity contribution in [2.75, 3.05) is 19.0 Å². The van der Waals surface area contributed by atoms with Crippen LogP contribution in [-0.2, 0) is 11.2 Å². The quantitative estimate of drug-likeness (QED) is 0.714. The Morgan fingerprint density at radius 1 is 1.47 bits per heavy atom. The van der Waals surface area contributed by atoms with Gasteiger partial charge in [0.25, 0.3) is 0 Å². The molecule has 0 amide bonds. The molecule has 1 aromatic carbocycles. The molecule has 0 aromatic heterocycles. The second-order valence-electron chi connectivity index (χ2n) is 3.81. The fourth-order valence-electron chi connectivity index (χ4n) is 2.02. The Kier molecular flexibility index (Phi) is 2.62. The van der Waals surface area contributed by atoms with Crippen LogP contribution in [0.4, 0.5) is 5.69 Å². The van der Waals surface area contributed by atoms with E-state index in [-0.39, 0.29) is 5.97 Å². The van der Waals surface area contributed by atoms with Gasteiger partial charge in [-0.2, -0.15) is 0 Å². The molecular weight excluding hydrogens is 190 g/mol. The highest BCUT2D eigenvalue weighted by atomic mass is 16.5. The lowest BCUT2D eigenvalue weighted by Gasteiger charge is -2.21. The summed E-state index contributed by atoms with van der Waals surface area (Å²) in [6, 6.07) is 4.07. The SMILES string of the molecule is COC(=O)c1c(C)ccc2c1NCCC2. The van der Waals surface area contributed by atoms with E-state index in [1.165, 1.54) is 12.7 Å². The van der Waals surface area contributed by atoms with Gasteiger partial charge in [0.05, 0.1) is 18.4 Å². The zero-order valence-corrected chi connectivity index (χ0v) is 9.09. The topological polar surface area (TPSA) is 38.3 Å². The van der Waals surface area contributed by atoms with E-state index in [0.29, 0.717) is 5.56 Å². The number of fused-ring (bicyclic) bond motifs is 1. The Hall–Kier alpha value is -1.51. The zero-order valence-electron chi connectivity index (χ0n) is 9.09. The third kappa shape index (κ3) is 1.69. The molecule has 3 heteroatoms. The van der Waals surface area contributed by atoms with E-state index >= 15 is 0 Å². The van der Waals surface area contributed by atoms with Crippen molar-refractivity contribution in [1.29, 1.82) is 0 Å². The average molecular weight is 205 g/mol. The molecule has 0 radical (unpaired) electrons. The van der Waals surface area contributed by atoms with Gasteiger partial charge in [-0.15, -0.1) is 0 Å². The number of aryl methyl sites for hydroxylation is 2. The van der Waals surface area contributed by atoms with Crippen molar-refractivity contribution in [2.24, 2.45) is 0 Å². The lowest BCUT2D eigenvalue weighted by Crippen LogP contribution is -2.17. The van der Waals surface area contributed by atoms with Crippen LogP contribution in [0.25, 0.3) is 0 Å². The molecule has 0 fully saturated rings. The second kappa shape index (κ2) is 3.93. The van der Waals surface area contributed by atoms with E-state index in [2.05, 4.69) is 11.4 Å². The smallest absolute Gasteiger partial charge is 0.340 e. The van der Waals surface area contributed by atoms with Crippen LogP contribution in [-0.4, -0.2) is 19.6 Å². The van der Waals surface area contributed by atoms with E-state index in [0.717, 1.165) is 30.6 Å². The number of rotatable bonds is 1. The molecule has 0 bridgehead atoms. The summed E-state index contributed by atoms with van der Waals surface area (Å²) < 4.78 is 4.80. The van der Waals surface area contributed by atoms with Crippen LogP contribution in [0.2, 0.25) is 0 Å². The minimum atomic E-state index is -0.251. The van der Waals surface area contributed by atoms with E-state index in [4.69, 9.17) is 4.74 Å². The van der Waals surface area contributed by atoms with Gasteiger partial charge in [-0.25, -0.2) is 4.79 Å². The van der Waals surface area contributed by atoms with Crippen molar-refractivity contribution in [3.05, 3.63) is 28.8 Å². The highest BCUT2D eigenvalue weighted by Crippen LogP contribution is 2.29. The molecule has 2 rings (SSSR count). The van der Waals surface area contributed by atoms with Gasteiger partial charge in [-0.05, 0) is 30.9 Å². The fraction of sp³-hybridized carbons (Fsp3) is 0.417. The summed E-state index contributed by atoms with van der Waals surface area (Å²) in [6.45, 7) is 2.86. The Labute approximate surface area is 89.4 Å². The molecule has 0 atom stereocenters. The van der Waals surface area contributed by atoms with Crippen LogP contribution in [0.1, 0.15) is 27.9 Å². The zero-order chi connectivity index (χ0) is 10.8. The Morgan fingerprint density at radius 3 is 3.00 bits per heavy atom. The van der Waals surface area contributed by atoms with E-state index < -0.39 is 0 Å². The van der Waals surface area contributed by atoms with Gasteiger partial charge >= 0.3 is 5.97 Å². The molecule has 1 aromatic rings. The number of esters is 1. The largest absolute Gasteiger partial charge is 0.465 e. The Morgan fingerprint density at radius 2 is 2.27 bits per heavy atom. The first-order chi connectivity index (χ1) is 7.24. The predicted molar refractivity (Wildman–Crippen MR) is 59.3 cm³/mol. The number of hydrogen-bond acceptors (Lipinski definition) is 3. The van der Waals surface area contributed by atoms with Crippen molar-refractivity contribution in [2.45, 2.75) is 19.8 Å². The average Bonchev–Trinajstić information content (AvgIpc) is 2.28. The van der Waals surface area contributed by atoms with Gasteiger partial charge < -0.3 is 10.1 Å². The summed E-state index contributed by atoms with van der Waals surface area (Å²) in [6.07, 6.45) is 2.16. The first-order valence-corrected chi connectivity index (χ1v) is 5.18. The summed E-state index contributed by atoms with van der Waals surface area (Å²) in [5, 5.41) is 3.29. The van der Waals surface area contributed by atoms with E-state index in [1.54, 1.807) is 0 Å². The van der Waals surface area contributed by atoms with Crippen LogP contribution in [0.15, 0.2) is 12.1 Å². The minimum absolute atomic E-state index is 0.251. The van der Waals surface area contributed by atoms with E-state index in [9.17, 15) is 4.79 Å². The molecule has 0 unspecified atom stereocenters. The van der Waals surface area contributed by atoms with Crippen molar-refractivity contribution in [3.8, 4) is 0 Å². The molecule has 15 heavy (non-hydrogen) atoms. The van der Waals surface area contributed by atoms with Crippen LogP contribution in [0, 0.1) is 6.92 Å². The predicted octanol–water partition coefficient (Wildman–Crippen LogP) is 2.14. The minimum Gasteiger partial charge on any atom is -0.465 e. The van der Waals surface area contributed by atoms with E-state index in [1.807, 2.05) is 13.0 Å². The number of ether oxygens (including phenoxy) is 1. The van der Waals surface area contributed by atoms with Crippen LogP contribution in [0.5, 0.6) is 0 Å². The monoisotopic (exact) mass is 205 g/mol. The maximum Gasteiger partial charge on any atom is 0.340 e. The third-order valence-electron chi connectivity index (χ3n) is 2.81. The van der Waals surface area contributed by atoms with Crippen molar-refractivity contribution < 1.29 is 9.53 Å². The number of carbonyl (C=O) groups excluding carboxylic acids is 1. The maximum absolute atomic E-state index is 11.6. The first kappa shape index (κ1) is 10.0. The number of benzene rings is 1. The first-order valence-electron chi connectivity index (χ1n) is 5.18. The molecule has 80 valence electrons. The van der Waals surface area contributed by atoms with Crippen molar-refractivity contribution >= 4 is 11.7 Å². The summed E-state index contributed by atoms with van der Waals surface area (Å²) in [4.78, 5) is 11.6. The number of methoxy groups -OCH3 is 1. The normalized spacial score (nSPS) is 14.0. The molecule has 0 spiro atoms. The molecule has 0 saturated heterocycles. The lowest BCUT2D eigenvalue weighted by molar-refractivity contribution is 0.0601. The molecule has 0 saturated carbocycles. The number of nitrogens with one attached hydrogen (secondary N) is 1. The molecule has 1 heterocycles. The highest BCUT2D eigenvalue weighted by Gasteiger charge is 2.19. The standard InChI is InChI=1S/C12H15NO2/c1-8-5-6-9-4-3-7-13-11(9)10(8)12(14)15-2/h5-6,13H,3-4,7H2,1-2H3. The van der Waals surface area contributed by atoms with Gasteiger partial charge in [0.2, 0.25) is 0 Å². The van der Waals surface area contributed by atoms with Crippen LogP contribution >= 0.6 is 0 Å². The van der Waals surface area contributed by atoms with Gasteiger partial charge in [-0.1, -0.05) is 12.1 Å². The van der Waals surface area contributed by atoms with Crippen molar-refractivity contribution in [1.82, 2.24) is 0 Å². The summed E-state index contributed by atoms with van der Waals surface area (Å²) >= 11 is 0. The summed E-state index contributed by atoms with van der Waals surface area (Å²) in [5.74, 6) is -0.251. The second-order valence-corrected chi connectivity index (χ2v) is 3.81. The summed E-state index contributed by atoms with van der Waals surface area (Å²) in [7, 11) is 1.42. The van der Waals surface area contributed by atoms with Gasteiger partial charge in [-0.3, -0.25) is 0 Å². The van der Waals surface area contributed by atoms with Gasteiger partial charge in [0.15, 0.2) is 0 Å². The molecular formula is C12H15NO2. The summed E-state index contributed by atoms with van der Waals surface area (Å²) in [5.41, 5.74) is 3.84. The van der Waals surface area contributed by atoms with Crippen LogP contribution < -0.4 is 5.32 Å². The van der Waals surface area contributed by atoms with Gasteiger partial charge in [0.1, 0.15) is 0 Å².